The second kappa shape index (κ2) is 6.97. The van der Waals surface area contributed by atoms with Gasteiger partial charge in [0.15, 0.2) is 5.13 Å². The summed E-state index contributed by atoms with van der Waals surface area (Å²) >= 11 is 8.91. The number of nitrogens with two attached hydrogens (primary N) is 1. The van der Waals surface area contributed by atoms with Crippen LogP contribution in [0.2, 0.25) is 5.02 Å². The van der Waals surface area contributed by atoms with Crippen molar-refractivity contribution in [1.82, 2.24) is 4.98 Å². The molecular weight excluding hydrogens is 314 g/mol. The third kappa shape index (κ3) is 4.40. The first kappa shape index (κ1) is 15.2. The van der Waals surface area contributed by atoms with Crippen LogP contribution < -0.4 is 11.1 Å². The van der Waals surface area contributed by atoms with Crippen molar-refractivity contribution in [3.8, 4) is 0 Å². The van der Waals surface area contributed by atoms with E-state index in [1.54, 1.807) is 30.0 Å². The van der Waals surface area contributed by atoms with Gasteiger partial charge in [-0.2, -0.15) is 0 Å². The van der Waals surface area contributed by atoms with Gasteiger partial charge < -0.3 is 11.1 Å². The van der Waals surface area contributed by atoms with Crippen LogP contribution in [-0.4, -0.2) is 16.6 Å². The van der Waals surface area contributed by atoms with E-state index in [1.807, 2.05) is 13.0 Å². The standard InChI is InChI=1S/C13H14ClN3OS2/c1-8-12(20-13(15)16-8)19-6-5-11(18)17-10-4-2-3-9(14)7-10/h2-4,7H,5-6H2,1H3,(H2,15,16)(H,17,18). The smallest absolute Gasteiger partial charge is 0.225 e. The Morgan fingerprint density at radius 1 is 1.55 bits per heavy atom. The minimum Gasteiger partial charge on any atom is -0.375 e. The Bertz CT molecular complexity index is 615. The van der Waals surface area contributed by atoms with Gasteiger partial charge in [-0.1, -0.05) is 29.0 Å². The van der Waals surface area contributed by atoms with Gasteiger partial charge in [-0.3, -0.25) is 4.79 Å². The van der Waals surface area contributed by atoms with E-state index in [1.165, 1.54) is 11.3 Å². The fourth-order valence-corrected chi connectivity index (χ4v) is 3.79. The van der Waals surface area contributed by atoms with Crippen molar-refractivity contribution in [3.05, 3.63) is 35.0 Å². The molecule has 0 atom stereocenters. The summed E-state index contributed by atoms with van der Waals surface area (Å²) in [6, 6.07) is 7.10. The summed E-state index contributed by atoms with van der Waals surface area (Å²) in [7, 11) is 0. The van der Waals surface area contributed by atoms with Crippen LogP contribution in [0.1, 0.15) is 12.1 Å². The van der Waals surface area contributed by atoms with E-state index in [0.717, 1.165) is 9.90 Å². The van der Waals surface area contributed by atoms with E-state index in [9.17, 15) is 4.79 Å². The number of nitrogen functional groups attached to an aromatic ring is 1. The molecule has 0 aliphatic carbocycles. The molecule has 1 aromatic carbocycles. The first-order valence-corrected chi connectivity index (χ1v) is 8.14. The highest BCUT2D eigenvalue weighted by atomic mass is 35.5. The highest BCUT2D eigenvalue weighted by molar-refractivity contribution is 8.01. The van der Waals surface area contributed by atoms with Gasteiger partial charge in [0.25, 0.3) is 0 Å². The van der Waals surface area contributed by atoms with Crippen LogP contribution in [-0.2, 0) is 4.79 Å². The third-order valence-electron chi connectivity index (χ3n) is 2.44. The van der Waals surface area contributed by atoms with E-state index < -0.39 is 0 Å². The predicted molar refractivity (Wildman–Crippen MR) is 86.7 cm³/mol. The Balaban J connectivity index is 1.79. The average Bonchev–Trinajstić information content (AvgIpc) is 2.68. The minimum absolute atomic E-state index is 0.0325. The van der Waals surface area contributed by atoms with Crippen LogP contribution in [0.25, 0.3) is 0 Å². The largest absolute Gasteiger partial charge is 0.375 e. The zero-order chi connectivity index (χ0) is 14.5. The van der Waals surface area contributed by atoms with Crippen LogP contribution in [0.4, 0.5) is 10.8 Å². The molecule has 0 spiro atoms. The summed E-state index contributed by atoms with van der Waals surface area (Å²) in [6.07, 6.45) is 0.425. The fourth-order valence-electron chi connectivity index (χ4n) is 1.56. The number of carbonyl (C=O) groups excluding carboxylic acids is 1. The SMILES string of the molecule is Cc1nc(N)sc1SCCC(=O)Nc1cccc(Cl)c1. The molecule has 1 aromatic heterocycles. The molecule has 1 heterocycles. The number of thioether (sulfide) groups is 1. The lowest BCUT2D eigenvalue weighted by molar-refractivity contribution is -0.115. The molecule has 106 valence electrons. The third-order valence-corrected chi connectivity index (χ3v) is 5.03. The molecule has 7 heteroatoms. The molecule has 20 heavy (non-hydrogen) atoms. The van der Waals surface area contributed by atoms with Gasteiger partial charge in [0.2, 0.25) is 5.91 Å². The lowest BCUT2D eigenvalue weighted by Crippen LogP contribution is -2.11. The van der Waals surface area contributed by atoms with Crippen molar-refractivity contribution in [2.24, 2.45) is 0 Å². The van der Waals surface area contributed by atoms with Crippen LogP contribution in [0.5, 0.6) is 0 Å². The second-order valence-corrected chi connectivity index (χ2v) is 6.91. The molecule has 2 rings (SSSR count). The van der Waals surface area contributed by atoms with Crippen LogP contribution in [0.3, 0.4) is 0 Å². The Morgan fingerprint density at radius 2 is 2.35 bits per heavy atom. The Labute approximate surface area is 130 Å². The molecule has 0 radical (unpaired) electrons. The lowest BCUT2D eigenvalue weighted by atomic mass is 10.3. The van der Waals surface area contributed by atoms with E-state index in [0.29, 0.717) is 28.0 Å². The topological polar surface area (TPSA) is 68.0 Å². The molecule has 1 amide bonds. The van der Waals surface area contributed by atoms with Gasteiger partial charge in [-0.25, -0.2) is 4.98 Å². The molecule has 4 nitrogen and oxygen atoms in total. The van der Waals surface area contributed by atoms with Crippen molar-refractivity contribution < 1.29 is 4.79 Å². The van der Waals surface area contributed by atoms with Gasteiger partial charge in [0.05, 0.1) is 9.90 Å². The second-order valence-electron chi connectivity index (χ2n) is 4.08. The monoisotopic (exact) mass is 327 g/mol. The highest BCUT2D eigenvalue weighted by Crippen LogP contribution is 2.30. The Morgan fingerprint density at radius 3 is 3.00 bits per heavy atom. The summed E-state index contributed by atoms with van der Waals surface area (Å²) in [5.41, 5.74) is 7.27. The molecule has 0 bridgehead atoms. The van der Waals surface area contributed by atoms with E-state index >= 15 is 0 Å². The van der Waals surface area contributed by atoms with Gasteiger partial charge >= 0.3 is 0 Å². The number of rotatable bonds is 5. The summed E-state index contributed by atoms with van der Waals surface area (Å²) in [6.45, 7) is 1.92. The fraction of sp³-hybridized carbons (Fsp3) is 0.231. The first-order chi connectivity index (χ1) is 9.54. The molecule has 0 aliphatic heterocycles. The number of aryl methyl sites for hydroxylation is 1. The molecule has 0 aliphatic rings. The molecule has 0 saturated heterocycles. The number of thiazole rings is 1. The summed E-state index contributed by atoms with van der Waals surface area (Å²) in [5.74, 6) is 0.657. The Kier molecular flexibility index (Phi) is 5.28. The molecule has 2 aromatic rings. The van der Waals surface area contributed by atoms with Crippen LogP contribution >= 0.6 is 34.7 Å². The number of nitrogens with zero attached hydrogens (tertiary/aromatic N) is 1. The maximum Gasteiger partial charge on any atom is 0.225 e. The van der Waals surface area contributed by atoms with Crippen molar-refractivity contribution in [3.63, 3.8) is 0 Å². The quantitative estimate of drug-likeness (QED) is 0.819. The van der Waals surface area contributed by atoms with Crippen molar-refractivity contribution in [2.75, 3.05) is 16.8 Å². The summed E-state index contributed by atoms with van der Waals surface area (Å²) in [4.78, 5) is 15.9. The molecule has 0 unspecified atom stereocenters. The number of nitrogens with one attached hydrogen (secondary N) is 1. The van der Waals surface area contributed by atoms with Gasteiger partial charge in [-0.15, -0.1) is 11.8 Å². The molecular formula is C13H14ClN3OS2. The number of anilines is 2. The minimum atomic E-state index is -0.0325. The zero-order valence-corrected chi connectivity index (χ0v) is 13.2. The lowest BCUT2D eigenvalue weighted by Gasteiger charge is -2.05. The first-order valence-electron chi connectivity index (χ1n) is 5.95. The summed E-state index contributed by atoms with van der Waals surface area (Å²) < 4.78 is 1.07. The normalized spacial score (nSPS) is 10.5. The summed E-state index contributed by atoms with van der Waals surface area (Å²) in [5, 5.41) is 3.98. The predicted octanol–water partition coefficient (Wildman–Crippen LogP) is 3.81. The Hall–Kier alpha value is -1.24. The van der Waals surface area contributed by atoms with E-state index in [4.69, 9.17) is 17.3 Å². The van der Waals surface area contributed by atoms with E-state index in [-0.39, 0.29) is 5.91 Å². The maximum absolute atomic E-state index is 11.8. The number of hydrogen-bond donors (Lipinski definition) is 2. The van der Waals surface area contributed by atoms with Crippen molar-refractivity contribution in [1.29, 1.82) is 0 Å². The number of carbonyl (C=O) groups is 1. The molecule has 3 N–H and O–H groups in total. The zero-order valence-electron chi connectivity index (χ0n) is 10.9. The van der Waals surface area contributed by atoms with Crippen molar-refractivity contribution in [2.45, 2.75) is 17.6 Å². The molecule has 0 fully saturated rings. The number of amides is 1. The van der Waals surface area contributed by atoms with E-state index in [2.05, 4.69) is 10.3 Å². The number of aromatic nitrogens is 1. The van der Waals surface area contributed by atoms with Crippen LogP contribution in [0, 0.1) is 6.92 Å². The molecule has 0 saturated carbocycles. The highest BCUT2D eigenvalue weighted by Gasteiger charge is 2.08. The number of halogens is 1. The van der Waals surface area contributed by atoms with Gasteiger partial charge in [-0.05, 0) is 25.1 Å². The maximum atomic E-state index is 11.8. The average molecular weight is 328 g/mol. The number of benzene rings is 1. The number of hydrogen-bond acceptors (Lipinski definition) is 5. The van der Waals surface area contributed by atoms with Gasteiger partial charge in [0.1, 0.15) is 0 Å². The van der Waals surface area contributed by atoms with Crippen LogP contribution in [0.15, 0.2) is 28.5 Å². The van der Waals surface area contributed by atoms with Gasteiger partial charge in [0, 0.05) is 22.9 Å². The van der Waals surface area contributed by atoms with Crippen molar-refractivity contribution >= 4 is 51.4 Å².